The van der Waals surface area contributed by atoms with Crippen molar-refractivity contribution < 1.29 is 9.53 Å². The molecule has 21 heavy (non-hydrogen) atoms. The van der Waals surface area contributed by atoms with Gasteiger partial charge < -0.3 is 10.1 Å². The van der Waals surface area contributed by atoms with Crippen LogP contribution in [0.25, 0.3) is 0 Å². The van der Waals surface area contributed by atoms with Crippen LogP contribution in [0.5, 0.6) is 5.75 Å². The molecule has 1 amide bonds. The Labute approximate surface area is 130 Å². The number of carbonyl (C=O) groups excluding carboxylic acids is 1. The molecule has 1 aromatic carbocycles. The molecule has 0 saturated heterocycles. The van der Waals surface area contributed by atoms with Gasteiger partial charge in [-0.3, -0.25) is 4.79 Å². The number of nitrogens with one attached hydrogen (secondary N) is 1. The van der Waals surface area contributed by atoms with Crippen LogP contribution in [0.2, 0.25) is 0 Å². The lowest BCUT2D eigenvalue weighted by Crippen LogP contribution is -2.28. The summed E-state index contributed by atoms with van der Waals surface area (Å²) in [4.78, 5) is 14.7. The monoisotopic (exact) mass is 303 g/mol. The lowest BCUT2D eigenvalue weighted by molar-refractivity contribution is -0.121. The summed E-state index contributed by atoms with van der Waals surface area (Å²) < 4.78 is 5.17. The van der Waals surface area contributed by atoms with Crippen LogP contribution in [0.15, 0.2) is 30.3 Å². The number of ether oxygens (including phenoxy) is 1. The van der Waals surface area contributed by atoms with E-state index in [1.807, 2.05) is 31.2 Å². The van der Waals surface area contributed by atoms with Crippen LogP contribution in [0.3, 0.4) is 0 Å². The summed E-state index contributed by atoms with van der Waals surface area (Å²) in [5.41, 5.74) is 2.16. The lowest BCUT2D eigenvalue weighted by atomic mass is 10.1. The minimum Gasteiger partial charge on any atom is -0.497 e. The van der Waals surface area contributed by atoms with Crippen LogP contribution < -0.4 is 10.1 Å². The smallest absolute Gasteiger partial charge is 0.224 e. The Balaban J connectivity index is 1.99. The number of hydrogen-bond acceptors (Lipinski definition) is 3. The number of thiophene rings is 1. The quantitative estimate of drug-likeness (QED) is 0.912. The zero-order valence-electron chi connectivity index (χ0n) is 12.9. The molecule has 1 N–H and O–H groups in total. The highest BCUT2D eigenvalue weighted by Crippen LogP contribution is 2.26. The first-order valence-corrected chi connectivity index (χ1v) is 7.80. The second-order valence-corrected chi connectivity index (χ2v) is 6.65. The molecule has 0 radical (unpaired) electrons. The fourth-order valence-electron chi connectivity index (χ4n) is 2.42. The molecule has 0 aliphatic heterocycles. The Morgan fingerprint density at radius 2 is 2.10 bits per heavy atom. The van der Waals surface area contributed by atoms with Gasteiger partial charge in [0.1, 0.15) is 5.75 Å². The normalized spacial score (nSPS) is 12.0. The van der Waals surface area contributed by atoms with E-state index in [1.165, 1.54) is 15.3 Å². The van der Waals surface area contributed by atoms with Crippen molar-refractivity contribution in [2.24, 2.45) is 0 Å². The van der Waals surface area contributed by atoms with Gasteiger partial charge in [0.25, 0.3) is 0 Å². The van der Waals surface area contributed by atoms with Crippen LogP contribution in [0.1, 0.15) is 33.8 Å². The van der Waals surface area contributed by atoms with Crippen LogP contribution in [0, 0.1) is 13.8 Å². The maximum absolute atomic E-state index is 12.2. The molecule has 0 aliphatic rings. The fraction of sp³-hybridized carbons (Fsp3) is 0.353. The Morgan fingerprint density at radius 1 is 1.33 bits per heavy atom. The average Bonchev–Trinajstić information content (AvgIpc) is 2.77. The highest BCUT2D eigenvalue weighted by molar-refractivity contribution is 7.12. The third-order valence-electron chi connectivity index (χ3n) is 3.42. The van der Waals surface area contributed by atoms with E-state index in [2.05, 4.69) is 25.2 Å². The van der Waals surface area contributed by atoms with Crippen molar-refractivity contribution in [3.63, 3.8) is 0 Å². The SMILES string of the molecule is COc1cccc(CC(=O)NC(C)c2cc(C)sc2C)c1. The highest BCUT2D eigenvalue weighted by atomic mass is 32.1. The first kappa shape index (κ1) is 15.6. The molecule has 2 aromatic rings. The minimum atomic E-state index is 0.0269. The van der Waals surface area contributed by atoms with Gasteiger partial charge in [-0.05, 0) is 50.1 Å². The lowest BCUT2D eigenvalue weighted by Gasteiger charge is -2.14. The summed E-state index contributed by atoms with van der Waals surface area (Å²) in [6, 6.07) is 9.79. The number of hydrogen-bond donors (Lipinski definition) is 1. The Hall–Kier alpha value is -1.81. The zero-order chi connectivity index (χ0) is 15.4. The van der Waals surface area contributed by atoms with Crippen molar-refractivity contribution in [2.45, 2.75) is 33.2 Å². The Morgan fingerprint density at radius 3 is 2.71 bits per heavy atom. The number of rotatable bonds is 5. The van der Waals surface area contributed by atoms with E-state index in [0.29, 0.717) is 6.42 Å². The van der Waals surface area contributed by atoms with Crippen molar-refractivity contribution in [2.75, 3.05) is 7.11 Å². The summed E-state index contributed by atoms with van der Waals surface area (Å²) in [6.45, 7) is 6.21. The first-order valence-electron chi connectivity index (χ1n) is 6.99. The van der Waals surface area contributed by atoms with Gasteiger partial charge in [-0.1, -0.05) is 12.1 Å². The molecule has 0 saturated carbocycles. The summed E-state index contributed by atoms with van der Waals surface area (Å²) in [6.07, 6.45) is 0.365. The van der Waals surface area contributed by atoms with Gasteiger partial charge in [-0.15, -0.1) is 11.3 Å². The molecule has 1 unspecified atom stereocenters. The highest BCUT2D eigenvalue weighted by Gasteiger charge is 2.14. The van der Waals surface area contributed by atoms with Crippen molar-refractivity contribution >= 4 is 17.2 Å². The molecule has 0 fully saturated rings. The van der Waals surface area contributed by atoms with Gasteiger partial charge in [0, 0.05) is 9.75 Å². The molecule has 1 atom stereocenters. The van der Waals surface area contributed by atoms with Gasteiger partial charge >= 0.3 is 0 Å². The molecule has 0 aliphatic carbocycles. The predicted molar refractivity (Wildman–Crippen MR) is 87.0 cm³/mol. The van der Waals surface area contributed by atoms with Gasteiger partial charge in [0.2, 0.25) is 5.91 Å². The largest absolute Gasteiger partial charge is 0.497 e. The van der Waals surface area contributed by atoms with Gasteiger partial charge in [0.15, 0.2) is 0 Å². The zero-order valence-corrected chi connectivity index (χ0v) is 13.7. The molecular formula is C17H21NO2S. The van der Waals surface area contributed by atoms with Crippen molar-refractivity contribution in [1.82, 2.24) is 5.32 Å². The second-order valence-electron chi connectivity index (χ2n) is 5.19. The van der Waals surface area contributed by atoms with Crippen molar-refractivity contribution in [3.8, 4) is 5.75 Å². The van der Waals surface area contributed by atoms with E-state index in [-0.39, 0.29) is 11.9 Å². The average molecular weight is 303 g/mol. The molecule has 112 valence electrons. The van der Waals surface area contributed by atoms with E-state index < -0.39 is 0 Å². The van der Waals surface area contributed by atoms with Crippen molar-refractivity contribution in [3.05, 3.63) is 51.2 Å². The van der Waals surface area contributed by atoms with Crippen LogP contribution in [0.4, 0.5) is 0 Å². The first-order chi connectivity index (χ1) is 9.99. The molecular weight excluding hydrogens is 282 g/mol. The van der Waals surface area contributed by atoms with Gasteiger partial charge in [-0.2, -0.15) is 0 Å². The second kappa shape index (κ2) is 6.76. The number of aryl methyl sites for hydroxylation is 2. The minimum absolute atomic E-state index is 0.0269. The predicted octanol–water partition coefficient (Wildman–Crippen LogP) is 3.79. The van der Waals surface area contributed by atoms with Gasteiger partial charge in [0.05, 0.1) is 19.6 Å². The molecule has 0 bridgehead atoms. The van der Waals surface area contributed by atoms with Crippen LogP contribution >= 0.6 is 11.3 Å². The van der Waals surface area contributed by atoms with E-state index in [9.17, 15) is 4.79 Å². The van der Waals surface area contributed by atoms with E-state index in [0.717, 1.165) is 11.3 Å². The number of amides is 1. The standard InChI is InChI=1S/C17H21NO2S/c1-11-8-16(13(3)21-11)12(2)18-17(19)10-14-6-5-7-15(9-14)20-4/h5-9,12H,10H2,1-4H3,(H,18,19). The van der Waals surface area contributed by atoms with Gasteiger partial charge in [-0.25, -0.2) is 0 Å². The number of benzene rings is 1. The Bertz CT molecular complexity index is 633. The molecule has 4 heteroatoms. The third-order valence-corrected chi connectivity index (χ3v) is 4.40. The van der Waals surface area contributed by atoms with E-state index >= 15 is 0 Å². The molecule has 0 spiro atoms. The van der Waals surface area contributed by atoms with Crippen molar-refractivity contribution in [1.29, 1.82) is 0 Å². The molecule has 1 aromatic heterocycles. The summed E-state index contributed by atoms with van der Waals surface area (Å²) in [7, 11) is 1.63. The summed E-state index contributed by atoms with van der Waals surface area (Å²) in [5.74, 6) is 0.802. The number of carbonyl (C=O) groups is 1. The number of methoxy groups -OCH3 is 1. The molecule has 1 heterocycles. The maximum atomic E-state index is 12.2. The topological polar surface area (TPSA) is 38.3 Å². The molecule has 3 nitrogen and oxygen atoms in total. The third kappa shape index (κ3) is 4.08. The maximum Gasteiger partial charge on any atom is 0.224 e. The summed E-state index contributed by atoms with van der Waals surface area (Å²) in [5, 5.41) is 3.06. The Kier molecular flexibility index (Phi) is 5.02. The van der Waals surface area contributed by atoms with Crippen LogP contribution in [-0.4, -0.2) is 13.0 Å². The summed E-state index contributed by atoms with van der Waals surface area (Å²) >= 11 is 1.77. The van der Waals surface area contributed by atoms with E-state index in [1.54, 1.807) is 18.4 Å². The van der Waals surface area contributed by atoms with E-state index in [4.69, 9.17) is 4.74 Å². The fourth-order valence-corrected chi connectivity index (χ4v) is 3.44. The van der Waals surface area contributed by atoms with Crippen LogP contribution in [-0.2, 0) is 11.2 Å². The molecule has 2 rings (SSSR count).